The molecule has 10 heteroatoms. The predicted molar refractivity (Wildman–Crippen MR) is 409 cm³/mol. The highest BCUT2D eigenvalue weighted by Crippen LogP contribution is 2.48. The van der Waals surface area contributed by atoms with Crippen molar-refractivity contribution >= 4 is 23.9 Å². The molecule has 5 aliphatic carbocycles. The van der Waals surface area contributed by atoms with E-state index >= 15 is 0 Å². The molecule has 6 N–H and O–H groups in total. The minimum Gasteiger partial charge on any atom is -0.481 e. The molecular weight excluding hydrogens is 1200 g/mol. The van der Waals surface area contributed by atoms with E-state index in [1.807, 2.05) is 27.9 Å². The quantitative estimate of drug-likeness (QED) is 0.0254. The van der Waals surface area contributed by atoms with Gasteiger partial charge in [0.05, 0.1) is 12.3 Å². The van der Waals surface area contributed by atoms with Crippen LogP contribution in [-0.2, 0) is 19.2 Å². The maximum Gasteiger partial charge on any atom is 0.318 e. The smallest absolute Gasteiger partial charge is 0.318 e. The van der Waals surface area contributed by atoms with Gasteiger partial charge in [0, 0.05) is 12.1 Å². The molecule has 22 atom stereocenters. The summed E-state index contributed by atoms with van der Waals surface area (Å²) in [5.41, 5.74) is 0. The number of rotatable bonds is 50. The van der Waals surface area contributed by atoms with Crippen LogP contribution in [0.2, 0.25) is 0 Å². The van der Waals surface area contributed by atoms with Gasteiger partial charge in [0.2, 0.25) is 0 Å². The highest BCUT2D eigenvalue weighted by Gasteiger charge is 2.41. The second-order valence-electron chi connectivity index (χ2n) is 37.1. The number of hydrogen-bond acceptors (Lipinski definition) is 6. The van der Waals surface area contributed by atoms with Crippen molar-refractivity contribution in [2.24, 2.45) is 148 Å². The summed E-state index contributed by atoms with van der Waals surface area (Å²) in [6, 6.07) is 0.702. The van der Waals surface area contributed by atoms with Gasteiger partial charge in [-0.3, -0.25) is 19.2 Å². The molecule has 0 aliphatic heterocycles. The van der Waals surface area contributed by atoms with Gasteiger partial charge < -0.3 is 31.1 Å². The van der Waals surface area contributed by atoms with E-state index in [0.29, 0.717) is 42.1 Å². The van der Waals surface area contributed by atoms with Gasteiger partial charge in [-0.05, 0) is 273 Å². The first-order chi connectivity index (χ1) is 46.0. The second kappa shape index (κ2) is 46.5. The SMILES string of the molecule is CNC(C)CCC(C)CCC1CCC(C(CCC(C(C)C)C(C(=O)O)C(=O)O)C(C)C)C1.CNC(CCC(C)CCC1CCC(C(C)CCC(C)CCC2CCC(C(C)CCCCCC3CCC(C(C)CCC(CCC4CCC(C(C(=O)O)C(C)C)C4)C(C)C)C3)C2)C1)CC(=O)O. The number of carboxylic acid groups (broad SMARTS) is 4. The molecule has 5 rings (SSSR count). The zero-order chi connectivity index (χ0) is 71.9. The summed E-state index contributed by atoms with van der Waals surface area (Å²) >= 11 is 0. The fourth-order valence-electron chi connectivity index (χ4n) is 20.8. The van der Waals surface area contributed by atoms with E-state index in [1.165, 1.54) is 205 Å². The molecule has 22 unspecified atom stereocenters. The van der Waals surface area contributed by atoms with Crippen LogP contribution in [0.15, 0.2) is 0 Å². The molecule has 5 fully saturated rings. The Morgan fingerprint density at radius 1 is 0.351 bits per heavy atom. The molecule has 568 valence electrons. The lowest BCUT2D eigenvalue weighted by Gasteiger charge is -2.31. The third-order valence-electron chi connectivity index (χ3n) is 28.3. The van der Waals surface area contributed by atoms with Crippen molar-refractivity contribution in [2.75, 3.05) is 14.1 Å². The van der Waals surface area contributed by atoms with Gasteiger partial charge in [0.15, 0.2) is 5.92 Å². The van der Waals surface area contributed by atoms with E-state index in [0.717, 1.165) is 121 Å². The summed E-state index contributed by atoms with van der Waals surface area (Å²) in [6.07, 6.45) is 51.0. The average Bonchev–Trinajstić information content (AvgIpc) is 1.86. The van der Waals surface area contributed by atoms with Crippen LogP contribution >= 0.6 is 0 Å². The Morgan fingerprint density at radius 2 is 0.773 bits per heavy atom. The summed E-state index contributed by atoms with van der Waals surface area (Å²) in [5.74, 6) is 11.0. The lowest BCUT2D eigenvalue weighted by molar-refractivity contribution is -0.158. The average molecular weight is 1360 g/mol. The van der Waals surface area contributed by atoms with Crippen LogP contribution in [0.1, 0.15) is 354 Å². The van der Waals surface area contributed by atoms with E-state index in [-0.39, 0.29) is 36.1 Å². The van der Waals surface area contributed by atoms with Gasteiger partial charge in [-0.15, -0.1) is 0 Å². The molecule has 0 aromatic heterocycles. The van der Waals surface area contributed by atoms with E-state index < -0.39 is 29.8 Å². The van der Waals surface area contributed by atoms with Crippen molar-refractivity contribution in [2.45, 2.75) is 366 Å². The molecule has 0 saturated heterocycles. The molecule has 0 aromatic carbocycles. The van der Waals surface area contributed by atoms with E-state index in [4.69, 9.17) is 5.11 Å². The van der Waals surface area contributed by atoms with Crippen LogP contribution in [0.3, 0.4) is 0 Å². The van der Waals surface area contributed by atoms with Crippen LogP contribution in [0, 0.1) is 148 Å². The monoisotopic (exact) mass is 1360 g/mol. The number of aliphatic carboxylic acids is 4. The number of carboxylic acids is 4. The summed E-state index contributed by atoms with van der Waals surface area (Å²) in [6.45, 7) is 34.8. The first kappa shape index (κ1) is 87.2. The maximum atomic E-state index is 11.9. The summed E-state index contributed by atoms with van der Waals surface area (Å²) < 4.78 is 0. The first-order valence-corrected chi connectivity index (χ1v) is 42.2. The minimum atomic E-state index is -1.30. The lowest BCUT2D eigenvalue weighted by Crippen LogP contribution is -2.35. The summed E-state index contributed by atoms with van der Waals surface area (Å²) in [4.78, 5) is 46.3. The topological polar surface area (TPSA) is 173 Å². The molecular formula is C87H162N2O8. The molecule has 0 spiro atoms. The van der Waals surface area contributed by atoms with E-state index in [1.54, 1.807) is 0 Å². The molecule has 5 aliphatic rings. The molecule has 0 heterocycles. The highest BCUT2D eigenvalue weighted by molar-refractivity contribution is 5.93. The van der Waals surface area contributed by atoms with Gasteiger partial charge >= 0.3 is 23.9 Å². The van der Waals surface area contributed by atoms with Crippen LogP contribution in [0.4, 0.5) is 0 Å². The van der Waals surface area contributed by atoms with Gasteiger partial charge in [0.25, 0.3) is 0 Å². The molecule has 10 nitrogen and oxygen atoms in total. The Morgan fingerprint density at radius 3 is 1.21 bits per heavy atom. The highest BCUT2D eigenvalue weighted by atomic mass is 16.4. The predicted octanol–water partition coefficient (Wildman–Crippen LogP) is 23.5. The standard InChI is InChI=1S/C60H111NO4.C27H51NO4/c1-41(2)52(30-24-51-28-34-56(39-51)59(42(3)4)60(64)65)29-21-47(9)54-31-25-48(36-54)15-13-11-12-14-45(7)53-32-26-49(37-53)22-17-43(5)16-20-46(8)55-33-27-50(38-55)23-18-44(6)19-35-57(61-10)40-58(62)63;1-17(2)23(14-15-24(18(3)4)25(26(29)30)27(31)32)22-13-12-21(16-22)11-9-19(5)8-10-20(6)28-7/h41-57,59,61H,11-40H2,1-10H3,(H,62,63)(H,64,65);17-25,28H,8-16H2,1-7H3,(H,29,30)(H,31,32). The van der Waals surface area contributed by atoms with Gasteiger partial charge in [-0.1, -0.05) is 225 Å². The van der Waals surface area contributed by atoms with Crippen molar-refractivity contribution in [1.82, 2.24) is 10.6 Å². The van der Waals surface area contributed by atoms with Crippen LogP contribution in [0.25, 0.3) is 0 Å². The zero-order valence-electron chi connectivity index (χ0n) is 66.6. The molecule has 0 amide bonds. The number of carbonyl (C=O) groups is 4. The van der Waals surface area contributed by atoms with Crippen molar-refractivity contribution in [3.05, 3.63) is 0 Å². The molecule has 0 bridgehead atoms. The Kier molecular flexibility index (Phi) is 41.8. The van der Waals surface area contributed by atoms with Crippen LogP contribution < -0.4 is 10.6 Å². The fourth-order valence-corrected chi connectivity index (χ4v) is 20.8. The van der Waals surface area contributed by atoms with E-state index in [2.05, 4.69) is 101 Å². The molecule has 5 saturated carbocycles. The molecule has 0 radical (unpaired) electrons. The Balaban J connectivity index is 0.000000523. The third-order valence-corrected chi connectivity index (χ3v) is 28.3. The van der Waals surface area contributed by atoms with Gasteiger partial charge in [-0.2, -0.15) is 0 Å². The maximum absolute atomic E-state index is 11.9. The Labute approximate surface area is 599 Å². The summed E-state index contributed by atoms with van der Waals surface area (Å²) in [5, 5.41) is 44.5. The van der Waals surface area contributed by atoms with Crippen LogP contribution in [-0.4, -0.2) is 70.5 Å². The van der Waals surface area contributed by atoms with Gasteiger partial charge in [0.1, 0.15) is 0 Å². The third kappa shape index (κ3) is 32.6. The zero-order valence-corrected chi connectivity index (χ0v) is 66.6. The second-order valence-corrected chi connectivity index (χ2v) is 37.1. The Hall–Kier alpha value is -2.20. The molecule has 0 aromatic rings. The first-order valence-electron chi connectivity index (χ1n) is 42.2. The van der Waals surface area contributed by atoms with Crippen molar-refractivity contribution in [1.29, 1.82) is 0 Å². The summed E-state index contributed by atoms with van der Waals surface area (Å²) in [7, 11) is 3.93. The van der Waals surface area contributed by atoms with Crippen molar-refractivity contribution in [3.63, 3.8) is 0 Å². The van der Waals surface area contributed by atoms with E-state index in [9.17, 15) is 34.5 Å². The van der Waals surface area contributed by atoms with Crippen molar-refractivity contribution < 1.29 is 39.6 Å². The lowest BCUT2D eigenvalue weighted by atomic mass is 9.73. The van der Waals surface area contributed by atoms with Crippen LogP contribution in [0.5, 0.6) is 0 Å². The number of unbranched alkanes of at least 4 members (excludes halogenated alkanes) is 2. The minimum absolute atomic E-state index is 0.0449. The Bertz CT molecular complexity index is 2120. The molecule has 97 heavy (non-hydrogen) atoms. The number of hydrogen-bond donors (Lipinski definition) is 6. The largest absolute Gasteiger partial charge is 0.481 e. The number of nitrogens with one attached hydrogen (secondary N) is 2. The van der Waals surface area contributed by atoms with Crippen molar-refractivity contribution in [3.8, 4) is 0 Å². The fraction of sp³-hybridized carbons (Fsp3) is 0.954. The normalized spacial score (nSPS) is 27.6. The van der Waals surface area contributed by atoms with Gasteiger partial charge in [-0.25, -0.2) is 0 Å².